The first kappa shape index (κ1) is 13.9. The Morgan fingerprint density at radius 1 is 1.68 bits per heavy atom. The highest BCUT2D eigenvalue weighted by molar-refractivity contribution is 9.10. The largest absolute Gasteiger partial charge is 0.364 e. The molecule has 1 heterocycles. The highest BCUT2D eigenvalue weighted by atomic mass is 79.9. The molecule has 1 atom stereocenters. The SMILES string of the molecule is CC(CNC(=O)c1cc([N+](=O)[O-])ncc1Br)C1CC1. The molecule has 1 amide bonds. The van der Waals surface area contributed by atoms with Gasteiger partial charge in [-0.15, -0.1) is 0 Å². The van der Waals surface area contributed by atoms with Crippen LogP contribution in [0.15, 0.2) is 16.7 Å². The van der Waals surface area contributed by atoms with Crippen LogP contribution >= 0.6 is 15.9 Å². The fourth-order valence-electron chi connectivity index (χ4n) is 1.88. The number of amides is 1. The second-order valence-corrected chi connectivity index (χ2v) is 5.66. The summed E-state index contributed by atoms with van der Waals surface area (Å²) in [5, 5.41) is 13.5. The third kappa shape index (κ3) is 3.50. The molecule has 1 aromatic heterocycles. The maximum atomic E-state index is 12.0. The summed E-state index contributed by atoms with van der Waals surface area (Å²) in [6.45, 7) is 2.69. The van der Waals surface area contributed by atoms with Crippen LogP contribution in [-0.2, 0) is 0 Å². The van der Waals surface area contributed by atoms with Crippen molar-refractivity contribution in [2.75, 3.05) is 6.54 Å². The van der Waals surface area contributed by atoms with Crippen LogP contribution in [0.2, 0.25) is 0 Å². The van der Waals surface area contributed by atoms with E-state index in [1.165, 1.54) is 25.1 Å². The van der Waals surface area contributed by atoms with Crippen molar-refractivity contribution >= 4 is 27.7 Å². The maximum absolute atomic E-state index is 12.0. The van der Waals surface area contributed by atoms with Gasteiger partial charge < -0.3 is 15.4 Å². The molecule has 1 aliphatic carbocycles. The van der Waals surface area contributed by atoms with E-state index < -0.39 is 4.92 Å². The van der Waals surface area contributed by atoms with E-state index in [1.54, 1.807) is 0 Å². The van der Waals surface area contributed by atoms with Crippen molar-refractivity contribution in [3.63, 3.8) is 0 Å². The molecule has 0 aliphatic heterocycles. The summed E-state index contributed by atoms with van der Waals surface area (Å²) in [7, 11) is 0. The molecule has 2 rings (SSSR count). The first-order valence-electron chi connectivity index (χ1n) is 6.07. The summed E-state index contributed by atoms with van der Waals surface area (Å²) >= 11 is 3.18. The van der Waals surface area contributed by atoms with E-state index >= 15 is 0 Å². The van der Waals surface area contributed by atoms with Crippen molar-refractivity contribution in [2.24, 2.45) is 11.8 Å². The summed E-state index contributed by atoms with van der Waals surface area (Å²) in [5.74, 6) is 0.503. The number of hydrogen-bond acceptors (Lipinski definition) is 4. The molecule has 1 aliphatic rings. The van der Waals surface area contributed by atoms with Gasteiger partial charge in [0.25, 0.3) is 5.91 Å². The molecule has 7 heteroatoms. The summed E-state index contributed by atoms with van der Waals surface area (Å²) in [5.41, 5.74) is 0.240. The second-order valence-electron chi connectivity index (χ2n) is 4.80. The first-order valence-corrected chi connectivity index (χ1v) is 6.86. The number of pyridine rings is 1. The predicted octanol–water partition coefficient (Wildman–Crippen LogP) is 2.53. The van der Waals surface area contributed by atoms with E-state index in [-0.39, 0.29) is 17.3 Å². The molecule has 0 bridgehead atoms. The average molecular weight is 328 g/mol. The van der Waals surface area contributed by atoms with E-state index in [2.05, 4.69) is 33.2 Å². The van der Waals surface area contributed by atoms with Crippen LogP contribution in [0.5, 0.6) is 0 Å². The smallest absolute Gasteiger partial charge is 0.358 e. The van der Waals surface area contributed by atoms with Crippen molar-refractivity contribution < 1.29 is 9.72 Å². The van der Waals surface area contributed by atoms with Crippen LogP contribution in [0.3, 0.4) is 0 Å². The van der Waals surface area contributed by atoms with E-state index in [4.69, 9.17) is 0 Å². The average Bonchev–Trinajstić information content (AvgIpc) is 3.20. The summed E-state index contributed by atoms with van der Waals surface area (Å²) in [6, 6.07) is 1.18. The zero-order chi connectivity index (χ0) is 14.0. The molecule has 0 spiro atoms. The van der Waals surface area contributed by atoms with Gasteiger partial charge in [-0.3, -0.25) is 4.79 Å². The number of nitro groups is 1. The van der Waals surface area contributed by atoms with Crippen LogP contribution in [0, 0.1) is 22.0 Å². The standard InChI is InChI=1S/C12H14BrN3O3/c1-7(8-2-3-8)5-15-12(17)9-4-11(16(18)19)14-6-10(9)13/h4,6-8H,2-3,5H2,1H3,(H,15,17). The van der Waals surface area contributed by atoms with Crippen molar-refractivity contribution in [2.45, 2.75) is 19.8 Å². The van der Waals surface area contributed by atoms with Crippen molar-refractivity contribution in [1.29, 1.82) is 0 Å². The minimum absolute atomic E-state index is 0.240. The Morgan fingerprint density at radius 2 is 2.37 bits per heavy atom. The topological polar surface area (TPSA) is 85.1 Å². The molecule has 1 saturated carbocycles. The second kappa shape index (κ2) is 5.64. The Labute approximate surface area is 118 Å². The third-order valence-electron chi connectivity index (χ3n) is 3.28. The lowest BCUT2D eigenvalue weighted by Crippen LogP contribution is -2.29. The van der Waals surface area contributed by atoms with Gasteiger partial charge in [-0.2, -0.15) is 0 Å². The lowest BCUT2D eigenvalue weighted by atomic mass is 10.1. The molecule has 19 heavy (non-hydrogen) atoms. The maximum Gasteiger partial charge on any atom is 0.364 e. The van der Waals surface area contributed by atoms with Crippen LogP contribution in [0.25, 0.3) is 0 Å². The van der Waals surface area contributed by atoms with Crippen LogP contribution in [0.4, 0.5) is 5.82 Å². The molecule has 0 saturated heterocycles. The Bertz CT molecular complexity index is 517. The number of hydrogen-bond donors (Lipinski definition) is 1. The Morgan fingerprint density at radius 3 is 2.95 bits per heavy atom. The lowest BCUT2D eigenvalue weighted by molar-refractivity contribution is -0.389. The number of carbonyl (C=O) groups is 1. The normalized spacial score (nSPS) is 15.9. The Balaban J connectivity index is 2.04. The Hall–Kier alpha value is -1.50. The molecule has 1 fully saturated rings. The fourth-order valence-corrected chi connectivity index (χ4v) is 2.28. The molecule has 102 valence electrons. The molecular weight excluding hydrogens is 314 g/mol. The molecule has 6 nitrogen and oxygen atoms in total. The molecule has 0 radical (unpaired) electrons. The fraction of sp³-hybridized carbons (Fsp3) is 0.500. The molecule has 1 aromatic rings. The van der Waals surface area contributed by atoms with Crippen LogP contribution < -0.4 is 5.32 Å². The zero-order valence-corrected chi connectivity index (χ0v) is 12.0. The van der Waals surface area contributed by atoms with Crippen molar-refractivity contribution in [3.05, 3.63) is 32.4 Å². The monoisotopic (exact) mass is 327 g/mol. The number of nitrogens with zero attached hydrogens (tertiary/aromatic N) is 2. The molecule has 1 N–H and O–H groups in total. The minimum Gasteiger partial charge on any atom is -0.358 e. The van der Waals surface area contributed by atoms with Gasteiger partial charge >= 0.3 is 5.82 Å². The molecule has 0 aromatic carbocycles. The van der Waals surface area contributed by atoms with Gasteiger partial charge in [-0.25, -0.2) is 0 Å². The van der Waals surface area contributed by atoms with Gasteiger partial charge in [0.2, 0.25) is 0 Å². The predicted molar refractivity (Wildman–Crippen MR) is 72.8 cm³/mol. The van der Waals surface area contributed by atoms with Gasteiger partial charge in [0.15, 0.2) is 6.20 Å². The molecular formula is C12H14BrN3O3. The van der Waals surface area contributed by atoms with Crippen molar-refractivity contribution in [1.82, 2.24) is 10.3 Å². The highest BCUT2D eigenvalue weighted by Gasteiger charge is 2.28. The number of carbonyl (C=O) groups excluding carboxylic acids is 1. The summed E-state index contributed by atoms with van der Waals surface area (Å²) in [4.78, 5) is 25.7. The molecule has 1 unspecified atom stereocenters. The van der Waals surface area contributed by atoms with Gasteiger partial charge in [-0.1, -0.05) is 6.92 Å². The van der Waals surface area contributed by atoms with Gasteiger partial charge in [0.05, 0.1) is 10.0 Å². The summed E-state index contributed by atoms with van der Waals surface area (Å²) < 4.78 is 0.453. The van der Waals surface area contributed by atoms with E-state index in [0.717, 1.165) is 0 Å². The first-order chi connectivity index (χ1) is 8.99. The zero-order valence-electron chi connectivity index (χ0n) is 10.4. The van der Waals surface area contributed by atoms with E-state index in [0.29, 0.717) is 22.9 Å². The van der Waals surface area contributed by atoms with Crippen LogP contribution in [-0.4, -0.2) is 22.4 Å². The van der Waals surface area contributed by atoms with Gasteiger partial charge in [0.1, 0.15) is 0 Å². The minimum atomic E-state index is -0.615. The van der Waals surface area contributed by atoms with Crippen LogP contribution in [0.1, 0.15) is 30.1 Å². The quantitative estimate of drug-likeness (QED) is 0.665. The lowest BCUT2D eigenvalue weighted by Gasteiger charge is -2.11. The summed E-state index contributed by atoms with van der Waals surface area (Å²) in [6.07, 6.45) is 3.72. The van der Waals surface area contributed by atoms with Gasteiger partial charge in [-0.05, 0) is 50.5 Å². The van der Waals surface area contributed by atoms with E-state index in [9.17, 15) is 14.9 Å². The number of halogens is 1. The highest BCUT2D eigenvalue weighted by Crippen LogP contribution is 2.36. The number of nitrogens with one attached hydrogen (secondary N) is 1. The number of rotatable bonds is 5. The Kier molecular flexibility index (Phi) is 4.14. The van der Waals surface area contributed by atoms with Gasteiger partial charge in [0, 0.05) is 12.6 Å². The third-order valence-corrected chi connectivity index (χ3v) is 3.92. The van der Waals surface area contributed by atoms with Crippen molar-refractivity contribution in [3.8, 4) is 0 Å². The van der Waals surface area contributed by atoms with E-state index in [1.807, 2.05) is 0 Å². The number of aromatic nitrogens is 1.